The fourth-order valence-electron chi connectivity index (χ4n) is 1.60. The van der Waals surface area contributed by atoms with Crippen LogP contribution in [0.2, 0.25) is 0 Å². The van der Waals surface area contributed by atoms with Crippen molar-refractivity contribution in [2.75, 3.05) is 0 Å². The van der Waals surface area contributed by atoms with Gasteiger partial charge in [0.2, 0.25) is 0 Å². The highest BCUT2D eigenvalue weighted by Gasteiger charge is 2.10. The van der Waals surface area contributed by atoms with E-state index in [1.54, 1.807) is 23.9 Å². The zero-order valence-corrected chi connectivity index (χ0v) is 11.3. The molecular weight excluding hydrogens is 267 g/mol. The van der Waals surface area contributed by atoms with Gasteiger partial charge in [-0.1, -0.05) is 16.9 Å². The molecule has 1 heterocycles. The Kier molecular flexibility index (Phi) is 3.75. The molecule has 0 saturated heterocycles. The van der Waals surface area contributed by atoms with E-state index in [9.17, 15) is 4.39 Å². The van der Waals surface area contributed by atoms with Crippen molar-refractivity contribution in [2.24, 2.45) is 17.9 Å². The molecule has 0 amide bonds. The predicted molar refractivity (Wildman–Crippen MR) is 71.0 cm³/mol. The molecule has 3 N–H and O–H groups in total. The van der Waals surface area contributed by atoms with Crippen molar-refractivity contribution in [3.8, 4) is 0 Å². The second-order valence-electron chi connectivity index (χ2n) is 3.98. The molecule has 19 heavy (non-hydrogen) atoms. The third-order valence-corrected chi connectivity index (χ3v) is 3.65. The molecule has 1 aromatic carbocycles. The van der Waals surface area contributed by atoms with Crippen LogP contribution in [-0.2, 0) is 7.05 Å². The number of benzene rings is 1. The van der Waals surface area contributed by atoms with Gasteiger partial charge in [-0.15, -0.1) is 0 Å². The van der Waals surface area contributed by atoms with Crippen LogP contribution in [0.1, 0.15) is 11.3 Å². The number of nitrogens with zero attached hydrogens (tertiary/aromatic N) is 3. The molecule has 2 rings (SSSR count). The molecule has 0 aliphatic carbocycles. The average Bonchev–Trinajstić information content (AvgIpc) is 2.69. The molecule has 5 nitrogen and oxygen atoms in total. The summed E-state index contributed by atoms with van der Waals surface area (Å²) in [6.07, 6.45) is 0. The summed E-state index contributed by atoms with van der Waals surface area (Å²) < 4.78 is 15.6. The van der Waals surface area contributed by atoms with Crippen LogP contribution in [0.15, 0.2) is 39.3 Å². The van der Waals surface area contributed by atoms with Gasteiger partial charge < -0.3 is 10.9 Å². The van der Waals surface area contributed by atoms with E-state index in [0.717, 1.165) is 10.7 Å². The minimum atomic E-state index is -0.423. The summed E-state index contributed by atoms with van der Waals surface area (Å²) in [6.45, 7) is 1.88. The number of aromatic nitrogens is 2. The van der Waals surface area contributed by atoms with Crippen LogP contribution in [0.25, 0.3) is 0 Å². The van der Waals surface area contributed by atoms with Crippen LogP contribution < -0.4 is 5.73 Å². The topological polar surface area (TPSA) is 76.4 Å². The summed E-state index contributed by atoms with van der Waals surface area (Å²) in [4.78, 5) is 0.456. The van der Waals surface area contributed by atoms with E-state index in [4.69, 9.17) is 10.9 Å². The molecule has 0 aliphatic rings. The van der Waals surface area contributed by atoms with Gasteiger partial charge in [0.25, 0.3) is 0 Å². The molecule has 0 aliphatic heterocycles. The fraction of sp³-hybridized carbons (Fsp3) is 0.167. The summed E-state index contributed by atoms with van der Waals surface area (Å²) in [5.41, 5.74) is 6.62. The first-order chi connectivity index (χ1) is 9.01. The zero-order valence-electron chi connectivity index (χ0n) is 10.5. The number of oxime groups is 1. The molecular formula is C12H13FN4OS. The molecule has 0 spiro atoms. The third kappa shape index (κ3) is 2.87. The zero-order chi connectivity index (χ0) is 14.0. The van der Waals surface area contributed by atoms with Gasteiger partial charge in [-0.3, -0.25) is 4.68 Å². The Morgan fingerprint density at radius 2 is 2.21 bits per heavy atom. The first-order valence-electron chi connectivity index (χ1n) is 5.47. The number of aryl methyl sites for hydroxylation is 2. The summed E-state index contributed by atoms with van der Waals surface area (Å²) >= 11 is 1.27. The molecule has 0 fully saturated rings. The van der Waals surface area contributed by atoms with Gasteiger partial charge in [-0.25, -0.2) is 4.39 Å². The van der Waals surface area contributed by atoms with Crippen LogP contribution in [0, 0.1) is 12.7 Å². The molecule has 0 bridgehead atoms. The SMILES string of the molecule is Cc1cc(Sc2ccc(C(N)=NO)cc2F)n(C)n1. The lowest BCUT2D eigenvalue weighted by Gasteiger charge is -2.05. The molecule has 0 atom stereocenters. The van der Waals surface area contributed by atoms with Crippen molar-refractivity contribution in [3.05, 3.63) is 41.3 Å². The van der Waals surface area contributed by atoms with Crippen LogP contribution in [0.4, 0.5) is 4.39 Å². The number of hydrogen-bond acceptors (Lipinski definition) is 4. The van der Waals surface area contributed by atoms with E-state index in [1.807, 2.05) is 13.0 Å². The molecule has 1 aromatic heterocycles. The van der Waals surface area contributed by atoms with Crippen LogP contribution in [-0.4, -0.2) is 20.8 Å². The summed E-state index contributed by atoms with van der Waals surface area (Å²) in [7, 11) is 1.80. The number of hydrogen-bond donors (Lipinski definition) is 2. The number of halogens is 1. The highest BCUT2D eigenvalue weighted by molar-refractivity contribution is 7.99. The van der Waals surface area contributed by atoms with E-state index >= 15 is 0 Å². The van der Waals surface area contributed by atoms with Gasteiger partial charge in [-0.05, 0) is 31.2 Å². The highest BCUT2D eigenvalue weighted by Crippen LogP contribution is 2.30. The Bertz CT molecular complexity index is 639. The first-order valence-corrected chi connectivity index (χ1v) is 6.29. The fourth-order valence-corrected chi connectivity index (χ4v) is 2.52. The van der Waals surface area contributed by atoms with Gasteiger partial charge in [0.05, 0.1) is 10.7 Å². The largest absolute Gasteiger partial charge is 0.409 e. The lowest BCUT2D eigenvalue weighted by molar-refractivity contribution is 0.318. The Balaban J connectivity index is 2.29. The Labute approximate surface area is 113 Å². The minimum absolute atomic E-state index is 0.119. The van der Waals surface area contributed by atoms with Crippen LogP contribution in [0.5, 0.6) is 0 Å². The molecule has 7 heteroatoms. The Hall–Kier alpha value is -2.02. The van der Waals surface area contributed by atoms with Crippen molar-refractivity contribution in [1.29, 1.82) is 0 Å². The standard InChI is InChI=1S/C12H13FN4OS/c1-7-5-11(17(2)15-7)19-10-4-3-8(6-9(10)13)12(14)16-18/h3-6,18H,1-2H3,(H2,14,16). The molecule has 100 valence electrons. The molecule has 0 unspecified atom stereocenters. The average molecular weight is 280 g/mol. The Morgan fingerprint density at radius 1 is 1.47 bits per heavy atom. The highest BCUT2D eigenvalue weighted by atomic mass is 32.2. The predicted octanol–water partition coefficient (Wildman–Crippen LogP) is 2.11. The minimum Gasteiger partial charge on any atom is -0.409 e. The van der Waals surface area contributed by atoms with Gasteiger partial charge in [0.15, 0.2) is 5.84 Å². The van der Waals surface area contributed by atoms with Crippen molar-refractivity contribution in [3.63, 3.8) is 0 Å². The van der Waals surface area contributed by atoms with Crippen LogP contribution in [0.3, 0.4) is 0 Å². The van der Waals surface area contributed by atoms with Crippen molar-refractivity contribution in [1.82, 2.24) is 9.78 Å². The van der Waals surface area contributed by atoms with Gasteiger partial charge in [-0.2, -0.15) is 5.10 Å². The number of rotatable bonds is 3. The lowest BCUT2D eigenvalue weighted by atomic mass is 10.2. The van der Waals surface area contributed by atoms with E-state index in [0.29, 0.717) is 10.5 Å². The van der Waals surface area contributed by atoms with Gasteiger partial charge in [0.1, 0.15) is 5.82 Å². The number of nitrogens with two attached hydrogens (primary N) is 1. The van der Waals surface area contributed by atoms with Gasteiger partial charge in [0, 0.05) is 17.5 Å². The van der Waals surface area contributed by atoms with E-state index in [1.165, 1.54) is 17.8 Å². The molecule has 2 aromatic rings. The second-order valence-corrected chi connectivity index (χ2v) is 5.04. The monoisotopic (exact) mass is 280 g/mol. The van der Waals surface area contributed by atoms with E-state index in [2.05, 4.69) is 10.3 Å². The number of amidine groups is 1. The maximum Gasteiger partial charge on any atom is 0.170 e. The summed E-state index contributed by atoms with van der Waals surface area (Å²) in [5.74, 6) is -0.542. The second kappa shape index (κ2) is 5.31. The maximum absolute atomic E-state index is 13.9. The molecule has 0 saturated carbocycles. The van der Waals surface area contributed by atoms with Gasteiger partial charge >= 0.3 is 0 Å². The smallest absolute Gasteiger partial charge is 0.170 e. The van der Waals surface area contributed by atoms with Crippen molar-refractivity contribution < 1.29 is 9.60 Å². The van der Waals surface area contributed by atoms with Crippen molar-refractivity contribution in [2.45, 2.75) is 16.8 Å². The summed E-state index contributed by atoms with van der Waals surface area (Å²) in [6, 6.07) is 6.31. The van der Waals surface area contributed by atoms with E-state index < -0.39 is 5.82 Å². The third-order valence-electron chi connectivity index (χ3n) is 2.51. The quantitative estimate of drug-likeness (QED) is 0.391. The lowest BCUT2D eigenvalue weighted by Crippen LogP contribution is -2.13. The first kappa shape index (κ1) is 13.4. The maximum atomic E-state index is 13.9. The summed E-state index contributed by atoms with van der Waals surface area (Å²) in [5, 5.41) is 16.4. The Morgan fingerprint density at radius 3 is 2.74 bits per heavy atom. The van der Waals surface area contributed by atoms with Crippen LogP contribution >= 0.6 is 11.8 Å². The normalized spacial score (nSPS) is 11.8. The van der Waals surface area contributed by atoms with Crippen molar-refractivity contribution >= 4 is 17.6 Å². The van der Waals surface area contributed by atoms with E-state index in [-0.39, 0.29) is 5.84 Å². The molecule has 0 radical (unpaired) electrons.